The van der Waals surface area contributed by atoms with E-state index in [0.29, 0.717) is 39.1 Å². The standard InChI is InChI=1S/C13H22N2O5/c1-2-3-7-19-8-6-14-13(18)15-9-10-4-5-11(20-10)12(16)17/h2,10-11H,1,3-9H2,(H,16,17)(H2,14,15,18). The number of ether oxygens (including phenoxy) is 2. The molecule has 1 aliphatic heterocycles. The molecule has 1 heterocycles. The van der Waals surface area contributed by atoms with Gasteiger partial charge in [-0.25, -0.2) is 9.59 Å². The number of urea groups is 1. The molecule has 0 aromatic heterocycles. The molecule has 1 saturated heterocycles. The zero-order valence-electron chi connectivity index (χ0n) is 11.5. The van der Waals surface area contributed by atoms with Crippen molar-refractivity contribution in [2.24, 2.45) is 0 Å². The van der Waals surface area contributed by atoms with E-state index in [4.69, 9.17) is 14.6 Å². The lowest BCUT2D eigenvalue weighted by atomic mass is 10.2. The number of carbonyl (C=O) groups is 2. The van der Waals surface area contributed by atoms with Crippen molar-refractivity contribution in [3.05, 3.63) is 12.7 Å². The second-order valence-electron chi connectivity index (χ2n) is 4.49. The van der Waals surface area contributed by atoms with Gasteiger partial charge in [-0.2, -0.15) is 0 Å². The van der Waals surface area contributed by atoms with Crippen LogP contribution in [0.5, 0.6) is 0 Å². The smallest absolute Gasteiger partial charge is 0.332 e. The molecule has 20 heavy (non-hydrogen) atoms. The van der Waals surface area contributed by atoms with Crippen molar-refractivity contribution in [3.8, 4) is 0 Å². The summed E-state index contributed by atoms with van der Waals surface area (Å²) in [5, 5.41) is 14.1. The second-order valence-corrected chi connectivity index (χ2v) is 4.49. The predicted octanol–water partition coefficient (Wildman–Crippen LogP) is 0.511. The van der Waals surface area contributed by atoms with Crippen molar-refractivity contribution < 1.29 is 24.2 Å². The molecule has 7 nitrogen and oxygen atoms in total. The monoisotopic (exact) mass is 286 g/mol. The Kier molecular flexibility index (Phi) is 7.67. The Bertz CT molecular complexity index is 335. The molecule has 0 bridgehead atoms. The van der Waals surface area contributed by atoms with Crippen molar-refractivity contribution in [2.75, 3.05) is 26.3 Å². The fraction of sp³-hybridized carbons (Fsp3) is 0.692. The molecular weight excluding hydrogens is 264 g/mol. The minimum atomic E-state index is -0.950. The van der Waals surface area contributed by atoms with E-state index in [1.54, 1.807) is 6.08 Å². The highest BCUT2D eigenvalue weighted by atomic mass is 16.5. The lowest BCUT2D eigenvalue weighted by Crippen LogP contribution is -2.41. The molecule has 0 saturated carbocycles. The molecule has 2 atom stereocenters. The Balaban J connectivity index is 2.00. The van der Waals surface area contributed by atoms with Crippen molar-refractivity contribution in [1.82, 2.24) is 10.6 Å². The van der Waals surface area contributed by atoms with Gasteiger partial charge in [0.25, 0.3) is 0 Å². The van der Waals surface area contributed by atoms with Crippen molar-refractivity contribution in [1.29, 1.82) is 0 Å². The van der Waals surface area contributed by atoms with E-state index in [9.17, 15) is 9.59 Å². The lowest BCUT2D eigenvalue weighted by molar-refractivity contribution is -0.149. The van der Waals surface area contributed by atoms with Gasteiger partial charge in [-0.15, -0.1) is 6.58 Å². The van der Waals surface area contributed by atoms with E-state index < -0.39 is 12.1 Å². The molecule has 0 spiro atoms. The lowest BCUT2D eigenvalue weighted by Gasteiger charge is -2.13. The normalized spacial score (nSPS) is 21.4. The summed E-state index contributed by atoms with van der Waals surface area (Å²) < 4.78 is 10.5. The number of hydrogen-bond donors (Lipinski definition) is 3. The molecule has 0 aliphatic carbocycles. The van der Waals surface area contributed by atoms with Gasteiger partial charge in [-0.3, -0.25) is 0 Å². The number of rotatable bonds is 9. The van der Waals surface area contributed by atoms with Crippen LogP contribution in [0.15, 0.2) is 12.7 Å². The molecule has 0 radical (unpaired) electrons. The third-order valence-corrected chi connectivity index (χ3v) is 2.87. The summed E-state index contributed by atoms with van der Waals surface area (Å²) in [5.41, 5.74) is 0. The highest BCUT2D eigenvalue weighted by Gasteiger charge is 2.30. The summed E-state index contributed by atoms with van der Waals surface area (Å²) in [7, 11) is 0. The van der Waals surface area contributed by atoms with Crippen LogP contribution in [0.2, 0.25) is 0 Å². The van der Waals surface area contributed by atoms with Gasteiger partial charge in [0.1, 0.15) is 0 Å². The predicted molar refractivity (Wildman–Crippen MR) is 72.6 cm³/mol. The van der Waals surface area contributed by atoms with Gasteiger partial charge in [-0.05, 0) is 19.3 Å². The molecule has 2 unspecified atom stereocenters. The Morgan fingerprint density at radius 2 is 2.15 bits per heavy atom. The van der Waals surface area contributed by atoms with Crippen LogP contribution in [0.4, 0.5) is 4.79 Å². The SMILES string of the molecule is C=CCCOCCNC(=O)NCC1CCC(C(=O)O)O1. The average molecular weight is 286 g/mol. The molecule has 1 rings (SSSR count). The van der Waals surface area contributed by atoms with Crippen LogP contribution in [0.3, 0.4) is 0 Å². The van der Waals surface area contributed by atoms with Crippen LogP contribution >= 0.6 is 0 Å². The van der Waals surface area contributed by atoms with E-state index in [2.05, 4.69) is 17.2 Å². The van der Waals surface area contributed by atoms with E-state index in [0.717, 1.165) is 6.42 Å². The first-order valence-electron chi connectivity index (χ1n) is 6.72. The first-order chi connectivity index (χ1) is 9.63. The summed E-state index contributed by atoms with van der Waals surface area (Å²) in [6.07, 6.45) is 2.71. The molecule has 0 aromatic rings. The van der Waals surface area contributed by atoms with E-state index >= 15 is 0 Å². The van der Waals surface area contributed by atoms with Gasteiger partial charge in [0.05, 0.1) is 19.3 Å². The van der Waals surface area contributed by atoms with Crippen molar-refractivity contribution >= 4 is 12.0 Å². The van der Waals surface area contributed by atoms with Gasteiger partial charge < -0.3 is 25.2 Å². The molecule has 1 fully saturated rings. The van der Waals surface area contributed by atoms with Crippen LogP contribution in [0.25, 0.3) is 0 Å². The molecule has 3 N–H and O–H groups in total. The number of carboxylic acid groups (broad SMARTS) is 1. The maximum atomic E-state index is 11.4. The van der Waals surface area contributed by atoms with Gasteiger partial charge >= 0.3 is 12.0 Å². The van der Waals surface area contributed by atoms with Gasteiger partial charge in [-0.1, -0.05) is 6.08 Å². The summed E-state index contributed by atoms with van der Waals surface area (Å²) in [5.74, 6) is -0.950. The van der Waals surface area contributed by atoms with E-state index in [1.807, 2.05) is 0 Å². The topological polar surface area (TPSA) is 96.9 Å². The fourth-order valence-corrected chi connectivity index (χ4v) is 1.81. The molecule has 0 aromatic carbocycles. The highest BCUT2D eigenvalue weighted by Crippen LogP contribution is 2.18. The highest BCUT2D eigenvalue weighted by molar-refractivity contribution is 5.74. The Labute approximate surface area is 118 Å². The van der Waals surface area contributed by atoms with Crippen molar-refractivity contribution in [2.45, 2.75) is 31.5 Å². The van der Waals surface area contributed by atoms with E-state index in [-0.39, 0.29) is 12.1 Å². The third-order valence-electron chi connectivity index (χ3n) is 2.87. The zero-order valence-corrected chi connectivity index (χ0v) is 11.5. The molecular formula is C13H22N2O5. The number of hydrogen-bond acceptors (Lipinski definition) is 4. The molecule has 114 valence electrons. The number of amides is 2. The maximum absolute atomic E-state index is 11.4. The first kappa shape index (κ1) is 16.5. The first-order valence-corrected chi connectivity index (χ1v) is 6.72. The molecule has 2 amide bonds. The van der Waals surface area contributed by atoms with Crippen LogP contribution < -0.4 is 10.6 Å². The zero-order chi connectivity index (χ0) is 14.8. The summed E-state index contributed by atoms with van der Waals surface area (Å²) >= 11 is 0. The molecule has 1 aliphatic rings. The maximum Gasteiger partial charge on any atom is 0.332 e. The van der Waals surface area contributed by atoms with E-state index in [1.165, 1.54) is 0 Å². The largest absolute Gasteiger partial charge is 0.479 e. The Morgan fingerprint density at radius 1 is 1.35 bits per heavy atom. The number of carbonyl (C=O) groups excluding carboxylic acids is 1. The minimum absolute atomic E-state index is 0.231. The van der Waals surface area contributed by atoms with Crippen LogP contribution in [0, 0.1) is 0 Å². The van der Waals surface area contributed by atoms with Crippen LogP contribution in [-0.2, 0) is 14.3 Å². The van der Waals surface area contributed by atoms with Gasteiger partial charge in [0.15, 0.2) is 6.10 Å². The average Bonchev–Trinajstić information content (AvgIpc) is 2.89. The van der Waals surface area contributed by atoms with Gasteiger partial charge in [0.2, 0.25) is 0 Å². The summed E-state index contributed by atoms with van der Waals surface area (Å²) in [4.78, 5) is 22.1. The van der Waals surface area contributed by atoms with Crippen LogP contribution in [-0.4, -0.2) is 55.6 Å². The fourth-order valence-electron chi connectivity index (χ4n) is 1.81. The minimum Gasteiger partial charge on any atom is -0.479 e. The summed E-state index contributed by atoms with van der Waals surface area (Å²) in [6, 6.07) is -0.306. The van der Waals surface area contributed by atoms with Crippen LogP contribution in [0.1, 0.15) is 19.3 Å². The number of nitrogens with one attached hydrogen (secondary N) is 2. The van der Waals surface area contributed by atoms with Crippen molar-refractivity contribution in [3.63, 3.8) is 0 Å². The number of carboxylic acids is 1. The second kappa shape index (κ2) is 9.33. The number of aliphatic carboxylic acids is 1. The van der Waals surface area contributed by atoms with Gasteiger partial charge in [0, 0.05) is 13.1 Å². The Hall–Kier alpha value is -1.60. The summed E-state index contributed by atoms with van der Waals surface area (Å²) in [6.45, 7) is 5.36. The molecule has 7 heteroatoms. The third kappa shape index (κ3) is 6.53. The quantitative estimate of drug-likeness (QED) is 0.424. The Morgan fingerprint density at radius 3 is 2.80 bits per heavy atom.